The summed E-state index contributed by atoms with van der Waals surface area (Å²) in [6.07, 6.45) is 0.834. The lowest BCUT2D eigenvalue weighted by Crippen LogP contribution is -2.53. The number of esters is 1. The molecule has 0 N–H and O–H groups in total. The summed E-state index contributed by atoms with van der Waals surface area (Å²) in [5, 5.41) is 0. The van der Waals surface area contributed by atoms with Gasteiger partial charge in [-0.05, 0) is 34.5 Å². The minimum atomic E-state index is -0.192. The number of hydrogen-bond acceptors (Lipinski definition) is 4. The highest BCUT2D eigenvalue weighted by Gasteiger charge is 2.35. The van der Waals surface area contributed by atoms with Gasteiger partial charge in [0.1, 0.15) is 16.5 Å². The van der Waals surface area contributed by atoms with Crippen LogP contribution in [0.2, 0.25) is 0 Å². The van der Waals surface area contributed by atoms with Crippen molar-refractivity contribution in [3.8, 4) is 0 Å². The van der Waals surface area contributed by atoms with E-state index in [0.29, 0.717) is 0 Å². The van der Waals surface area contributed by atoms with E-state index >= 15 is 0 Å². The SMILES string of the molecule is COC(=O)[C@H]1CCN1c1cccc(Br)n1. The Balaban J connectivity index is 2.15. The van der Waals surface area contributed by atoms with Gasteiger partial charge in [-0.1, -0.05) is 6.07 Å². The summed E-state index contributed by atoms with van der Waals surface area (Å²) in [7, 11) is 1.41. The van der Waals surface area contributed by atoms with E-state index in [9.17, 15) is 4.79 Å². The number of ether oxygens (including phenoxy) is 1. The lowest BCUT2D eigenvalue weighted by atomic mass is 10.0. The molecule has 0 saturated carbocycles. The first-order valence-electron chi connectivity index (χ1n) is 4.69. The van der Waals surface area contributed by atoms with E-state index in [1.54, 1.807) is 0 Å². The zero-order chi connectivity index (χ0) is 10.8. The highest BCUT2D eigenvalue weighted by molar-refractivity contribution is 9.10. The molecule has 80 valence electrons. The third kappa shape index (κ3) is 1.97. The molecule has 0 radical (unpaired) electrons. The molecule has 1 saturated heterocycles. The van der Waals surface area contributed by atoms with Crippen molar-refractivity contribution >= 4 is 27.7 Å². The summed E-state index contributed by atoms with van der Waals surface area (Å²) in [5.41, 5.74) is 0. The van der Waals surface area contributed by atoms with Gasteiger partial charge in [-0.15, -0.1) is 0 Å². The second-order valence-electron chi connectivity index (χ2n) is 3.34. The Bertz CT molecular complexity index is 383. The summed E-state index contributed by atoms with van der Waals surface area (Å²) in [6, 6.07) is 5.48. The molecule has 0 amide bonds. The normalized spacial score (nSPS) is 19.6. The number of carbonyl (C=O) groups excluding carboxylic acids is 1. The molecule has 4 nitrogen and oxygen atoms in total. The molecule has 1 aromatic rings. The van der Waals surface area contributed by atoms with Crippen molar-refractivity contribution in [1.82, 2.24) is 4.98 Å². The Hall–Kier alpha value is -1.10. The quantitative estimate of drug-likeness (QED) is 0.605. The number of methoxy groups -OCH3 is 1. The zero-order valence-corrected chi connectivity index (χ0v) is 9.90. The van der Waals surface area contributed by atoms with Crippen molar-refractivity contribution in [2.75, 3.05) is 18.6 Å². The van der Waals surface area contributed by atoms with E-state index < -0.39 is 0 Å². The van der Waals surface area contributed by atoms with Crippen molar-refractivity contribution in [2.24, 2.45) is 0 Å². The number of anilines is 1. The molecular formula is C10H11BrN2O2. The maximum absolute atomic E-state index is 11.4. The van der Waals surface area contributed by atoms with Crippen molar-refractivity contribution in [3.63, 3.8) is 0 Å². The molecule has 2 rings (SSSR count). The van der Waals surface area contributed by atoms with Crippen LogP contribution in [0.1, 0.15) is 6.42 Å². The van der Waals surface area contributed by atoms with Crippen LogP contribution in [-0.2, 0) is 9.53 Å². The molecule has 0 bridgehead atoms. The molecule has 1 aromatic heterocycles. The van der Waals surface area contributed by atoms with Gasteiger partial charge in [0.25, 0.3) is 0 Å². The van der Waals surface area contributed by atoms with E-state index in [0.717, 1.165) is 23.4 Å². The Kier molecular flexibility index (Phi) is 2.90. The maximum Gasteiger partial charge on any atom is 0.328 e. The molecule has 5 heteroatoms. The fourth-order valence-electron chi connectivity index (χ4n) is 1.60. The second kappa shape index (κ2) is 4.18. The van der Waals surface area contributed by atoms with Crippen LogP contribution in [0.5, 0.6) is 0 Å². The summed E-state index contributed by atoms with van der Waals surface area (Å²) >= 11 is 3.30. The van der Waals surface area contributed by atoms with Gasteiger partial charge in [0.15, 0.2) is 0 Å². The van der Waals surface area contributed by atoms with E-state index in [1.807, 2.05) is 23.1 Å². The van der Waals surface area contributed by atoms with Crippen LogP contribution >= 0.6 is 15.9 Å². The third-order valence-electron chi connectivity index (χ3n) is 2.49. The van der Waals surface area contributed by atoms with E-state index in [1.165, 1.54) is 7.11 Å². The van der Waals surface area contributed by atoms with Crippen molar-refractivity contribution in [2.45, 2.75) is 12.5 Å². The van der Waals surface area contributed by atoms with Crippen LogP contribution in [0.25, 0.3) is 0 Å². The van der Waals surface area contributed by atoms with Crippen LogP contribution < -0.4 is 4.90 Å². The van der Waals surface area contributed by atoms with Crippen LogP contribution in [-0.4, -0.2) is 30.6 Å². The van der Waals surface area contributed by atoms with Crippen LogP contribution in [0.4, 0.5) is 5.82 Å². The number of halogens is 1. The summed E-state index contributed by atoms with van der Waals surface area (Å²) in [5.74, 6) is 0.619. The number of carbonyl (C=O) groups is 1. The highest BCUT2D eigenvalue weighted by atomic mass is 79.9. The number of aromatic nitrogens is 1. The van der Waals surface area contributed by atoms with Gasteiger partial charge in [0.05, 0.1) is 7.11 Å². The fraction of sp³-hybridized carbons (Fsp3) is 0.400. The Morgan fingerprint density at radius 2 is 2.47 bits per heavy atom. The first-order chi connectivity index (χ1) is 7.22. The average Bonchev–Trinajstić information content (AvgIpc) is 2.16. The number of pyridine rings is 1. The third-order valence-corrected chi connectivity index (χ3v) is 2.93. The maximum atomic E-state index is 11.4. The van der Waals surface area contributed by atoms with Gasteiger partial charge in [0.2, 0.25) is 0 Å². The lowest BCUT2D eigenvalue weighted by molar-refractivity contribution is -0.143. The Morgan fingerprint density at radius 3 is 3.00 bits per heavy atom. The molecule has 0 aliphatic carbocycles. The highest BCUT2D eigenvalue weighted by Crippen LogP contribution is 2.26. The first kappa shape index (κ1) is 10.4. The molecule has 1 atom stereocenters. The zero-order valence-electron chi connectivity index (χ0n) is 8.31. The summed E-state index contributed by atoms with van der Waals surface area (Å²) < 4.78 is 5.49. The summed E-state index contributed by atoms with van der Waals surface area (Å²) in [4.78, 5) is 17.6. The Labute approximate surface area is 96.4 Å². The van der Waals surface area contributed by atoms with Gasteiger partial charge in [-0.2, -0.15) is 0 Å². The Morgan fingerprint density at radius 1 is 1.67 bits per heavy atom. The summed E-state index contributed by atoms with van der Waals surface area (Å²) in [6.45, 7) is 0.850. The smallest absolute Gasteiger partial charge is 0.328 e. The van der Waals surface area contributed by atoms with Gasteiger partial charge >= 0.3 is 5.97 Å². The standard InChI is InChI=1S/C10H11BrN2O2/c1-15-10(14)7-5-6-13(7)9-4-2-3-8(11)12-9/h2-4,7H,5-6H2,1H3/t7-/m1/s1. The molecule has 1 fully saturated rings. The van der Waals surface area contributed by atoms with Crippen molar-refractivity contribution in [3.05, 3.63) is 22.8 Å². The molecule has 0 aromatic carbocycles. The van der Waals surface area contributed by atoms with Gasteiger partial charge in [-0.3, -0.25) is 0 Å². The number of hydrogen-bond donors (Lipinski definition) is 0. The predicted molar refractivity (Wildman–Crippen MR) is 59.7 cm³/mol. The van der Waals surface area contributed by atoms with E-state index in [4.69, 9.17) is 4.74 Å². The van der Waals surface area contributed by atoms with Crippen molar-refractivity contribution < 1.29 is 9.53 Å². The average molecular weight is 271 g/mol. The molecule has 1 aliphatic heterocycles. The fourth-order valence-corrected chi connectivity index (χ4v) is 1.93. The predicted octanol–water partition coefficient (Wildman–Crippen LogP) is 1.60. The molecular weight excluding hydrogens is 260 g/mol. The number of rotatable bonds is 2. The van der Waals surface area contributed by atoms with Crippen molar-refractivity contribution in [1.29, 1.82) is 0 Å². The first-order valence-corrected chi connectivity index (χ1v) is 5.48. The van der Waals surface area contributed by atoms with E-state index in [2.05, 4.69) is 20.9 Å². The monoisotopic (exact) mass is 270 g/mol. The topological polar surface area (TPSA) is 42.4 Å². The second-order valence-corrected chi connectivity index (χ2v) is 4.15. The van der Waals surface area contributed by atoms with Gasteiger partial charge in [0, 0.05) is 6.54 Å². The van der Waals surface area contributed by atoms with Crippen LogP contribution in [0, 0.1) is 0 Å². The molecule has 15 heavy (non-hydrogen) atoms. The van der Waals surface area contributed by atoms with Gasteiger partial charge < -0.3 is 9.64 Å². The lowest BCUT2D eigenvalue weighted by Gasteiger charge is -2.39. The van der Waals surface area contributed by atoms with Crippen LogP contribution in [0.3, 0.4) is 0 Å². The number of nitrogens with zero attached hydrogens (tertiary/aromatic N) is 2. The molecule has 1 aliphatic rings. The van der Waals surface area contributed by atoms with Crippen LogP contribution in [0.15, 0.2) is 22.8 Å². The molecule has 2 heterocycles. The minimum Gasteiger partial charge on any atom is -0.467 e. The molecule has 0 spiro atoms. The molecule has 0 unspecified atom stereocenters. The van der Waals surface area contributed by atoms with E-state index in [-0.39, 0.29) is 12.0 Å². The largest absolute Gasteiger partial charge is 0.467 e. The minimum absolute atomic E-state index is 0.170. The van der Waals surface area contributed by atoms with Gasteiger partial charge in [-0.25, -0.2) is 9.78 Å².